The highest BCUT2D eigenvalue weighted by atomic mass is 79.9. The standard InChI is InChI=1S/C15H17BrO/c1-9-7-13-11(8-12(9)16)14(3)5-6-15(4,17-13)10(14)2/h7-8H,2,5-6H2,1,3-4H3/t14-,15+/m1/s1. The molecule has 1 aliphatic carbocycles. The molecule has 0 spiro atoms. The van der Waals surface area contributed by atoms with Crippen molar-refractivity contribution in [3.63, 3.8) is 0 Å². The van der Waals surface area contributed by atoms with Gasteiger partial charge in [-0.1, -0.05) is 29.4 Å². The third-order valence-electron chi connectivity index (χ3n) is 4.60. The molecule has 2 aliphatic rings. The molecule has 0 N–H and O–H groups in total. The molecule has 17 heavy (non-hydrogen) atoms. The molecule has 2 heteroatoms. The minimum absolute atomic E-state index is 0.0819. The van der Waals surface area contributed by atoms with Crippen LogP contribution in [0.3, 0.4) is 0 Å². The Morgan fingerprint density at radius 1 is 1.29 bits per heavy atom. The quantitative estimate of drug-likeness (QED) is 0.639. The van der Waals surface area contributed by atoms with Crippen LogP contribution in [0.15, 0.2) is 28.8 Å². The molecule has 0 aromatic heterocycles. The number of rotatable bonds is 0. The summed E-state index contributed by atoms with van der Waals surface area (Å²) in [6, 6.07) is 4.36. The fraction of sp³-hybridized carbons (Fsp3) is 0.467. The summed E-state index contributed by atoms with van der Waals surface area (Å²) in [6.07, 6.45) is 2.19. The Kier molecular flexibility index (Phi) is 2.11. The molecule has 1 heterocycles. The van der Waals surface area contributed by atoms with Crippen LogP contribution in [0.5, 0.6) is 5.75 Å². The van der Waals surface area contributed by atoms with E-state index < -0.39 is 0 Å². The monoisotopic (exact) mass is 292 g/mol. The molecule has 0 amide bonds. The summed E-state index contributed by atoms with van der Waals surface area (Å²) in [6.45, 7) is 10.9. The van der Waals surface area contributed by atoms with Crippen molar-refractivity contribution in [2.24, 2.45) is 0 Å². The summed E-state index contributed by atoms with van der Waals surface area (Å²) in [7, 11) is 0. The third-order valence-corrected chi connectivity index (χ3v) is 5.45. The molecule has 1 aromatic rings. The minimum Gasteiger partial charge on any atom is -0.483 e. The minimum atomic E-state index is -0.165. The zero-order valence-electron chi connectivity index (χ0n) is 10.6. The van der Waals surface area contributed by atoms with E-state index in [2.05, 4.69) is 55.4 Å². The number of hydrogen-bond acceptors (Lipinski definition) is 1. The summed E-state index contributed by atoms with van der Waals surface area (Å²) < 4.78 is 7.36. The highest BCUT2D eigenvalue weighted by Crippen LogP contribution is 2.58. The molecule has 1 aliphatic heterocycles. The maximum absolute atomic E-state index is 6.20. The summed E-state index contributed by atoms with van der Waals surface area (Å²) in [5.74, 6) is 1.04. The fourth-order valence-corrected chi connectivity index (χ4v) is 3.54. The molecule has 0 radical (unpaired) electrons. The summed E-state index contributed by atoms with van der Waals surface area (Å²) in [5, 5.41) is 0. The molecular formula is C15H17BrO. The Bertz CT molecular complexity index is 534. The largest absolute Gasteiger partial charge is 0.483 e. The van der Waals surface area contributed by atoms with Crippen LogP contribution in [0, 0.1) is 6.92 Å². The zero-order chi connectivity index (χ0) is 12.4. The average Bonchev–Trinajstić information content (AvgIpc) is 2.43. The molecule has 1 nitrogen and oxygen atoms in total. The summed E-state index contributed by atoms with van der Waals surface area (Å²) in [4.78, 5) is 0. The van der Waals surface area contributed by atoms with Crippen molar-refractivity contribution in [2.45, 2.75) is 44.6 Å². The lowest BCUT2D eigenvalue weighted by molar-refractivity contribution is 0.124. The van der Waals surface area contributed by atoms with E-state index >= 15 is 0 Å². The molecule has 0 saturated heterocycles. The van der Waals surface area contributed by atoms with Crippen molar-refractivity contribution < 1.29 is 4.74 Å². The van der Waals surface area contributed by atoms with Gasteiger partial charge in [0.15, 0.2) is 0 Å². The number of benzene rings is 1. The third kappa shape index (κ3) is 1.31. The molecule has 90 valence electrons. The zero-order valence-corrected chi connectivity index (χ0v) is 12.1. The second-order valence-corrected chi connectivity index (χ2v) is 6.60. The van der Waals surface area contributed by atoms with Crippen LogP contribution in [0.1, 0.15) is 37.8 Å². The van der Waals surface area contributed by atoms with E-state index in [1.165, 1.54) is 16.7 Å². The molecule has 1 fully saturated rings. The van der Waals surface area contributed by atoms with E-state index in [1.807, 2.05) is 0 Å². The maximum Gasteiger partial charge on any atom is 0.128 e. The Labute approximate surface area is 111 Å². The second kappa shape index (κ2) is 3.17. The lowest BCUT2D eigenvalue weighted by atomic mass is 9.74. The van der Waals surface area contributed by atoms with Crippen molar-refractivity contribution in [1.82, 2.24) is 0 Å². The van der Waals surface area contributed by atoms with E-state index in [4.69, 9.17) is 4.74 Å². The van der Waals surface area contributed by atoms with Gasteiger partial charge in [-0.25, -0.2) is 0 Å². The van der Waals surface area contributed by atoms with Gasteiger partial charge in [-0.15, -0.1) is 0 Å². The van der Waals surface area contributed by atoms with E-state index in [9.17, 15) is 0 Å². The fourth-order valence-electron chi connectivity index (χ4n) is 3.20. The highest BCUT2D eigenvalue weighted by molar-refractivity contribution is 9.10. The van der Waals surface area contributed by atoms with Gasteiger partial charge >= 0.3 is 0 Å². The number of halogens is 1. The van der Waals surface area contributed by atoms with Crippen molar-refractivity contribution in [3.8, 4) is 5.75 Å². The predicted octanol–water partition coefficient (Wildman–Crippen LogP) is 4.52. The molecule has 0 unspecified atom stereocenters. The normalized spacial score (nSPS) is 34.5. The summed E-state index contributed by atoms with van der Waals surface area (Å²) in [5.41, 5.74) is 3.66. The number of ether oxygens (including phenoxy) is 1. The SMILES string of the molecule is C=C1[C@]2(C)CC[C@@]1(C)c1cc(Br)c(C)cc1O2. The van der Waals surface area contributed by atoms with Gasteiger partial charge in [0.2, 0.25) is 0 Å². The highest BCUT2D eigenvalue weighted by Gasteiger charge is 2.53. The first-order valence-electron chi connectivity index (χ1n) is 6.06. The van der Waals surface area contributed by atoms with Gasteiger partial charge in [-0.3, -0.25) is 0 Å². The lowest BCUT2D eigenvalue weighted by Gasteiger charge is -2.40. The van der Waals surface area contributed by atoms with Gasteiger partial charge in [0.25, 0.3) is 0 Å². The Morgan fingerprint density at radius 2 is 2.00 bits per heavy atom. The van der Waals surface area contributed by atoms with Gasteiger partial charge in [0, 0.05) is 15.5 Å². The van der Waals surface area contributed by atoms with Crippen LogP contribution in [0.2, 0.25) is 0 Å². The van der Waals surface area contributed by atoms with Crippen molar-refractivity contribution >= 4 is 15.9 Å². The van der Waals surface area contributed by atoms with Gasteiger partial charge in [-0.2, -0.15) is 0 Å². The number of hydrogen-bond donors (Lipinski definition) is 0. The van der Waals surface area contributed by atoms with Gasteiger partial charge in [-0.05, 0) is 50.0 Å². The van der Waals surface area contributed by atoms with Crippen molar-refractivity contribution in [2.75, 3.05) is 0 Å². The van der Waals surface area contributed by atoms with Crippen LogP contribution in [-0.4, -0.2) is 5.60 Å². The number of fused-ring (bicyclic) bond motifs is 4. The first kappa shape index (κ1) is 11.3. The van der Waals surface area contributed by atoms with E-state index in [0.717, 1.165) is 23.1 Å². The van der Waals surface area contributed by atoms with Crippen LogP contribution in [-0.2, 0) is 5.41 Å². The topological polar surface area (TPSA) is 9.23 Å². The first-order chi connectivity index (χ1) is 7.87. The van der Waals surface area contributed by atoms with Crippen LogP contribution >= 0.6 is 15.9 Å². The molecule has 2 atom stereocenters. The van der Waals surface area contributed by atoms with Crippen LogP contribution in [0.25, 0.3) is 0 Å². The molecule has 3 rings (SSSR count). The van der Waals surface area contributed by atoms with E-state index in [-0.39, 0.29) is 11.0 Å². The molecule has 1 aromatic carbocycles. The van der Waals surface area contributed by atoms with E-state index in [1.54, 1.807) is 0 Å². The van der Waals surface area contributed by atoms with Crippen molar-refractivity contribution in [3.05, 3.63) is 39.9 Å². The second-order valence-electron chi connectivity index (χ2n) is 5.74. The van der Waals surface area contributed by atoms with Crippen LogP contribution < -0.4 is 4.74 Å². The maximum atomic E-state index is 6.20. The lowest BCUT2D eigenvalue weighted by Crippen LogP contribution is -2.39. The average molecular weight is 293 g/mol. The predicted molar refractivity (Wildman–Crippen MR) is 73.6 cm³/mol. The molecule has 2 bridgehead atoms. The first-order valence-corrected chi connectivity index (χ1v) is 6.86. The number of aryl methyl sites for hydroxylation is 1. The van der Waals surface area contributed by atoms with E-state index in [0.29, 0.717) is 0 Å². The van der Waals surface area contributed by atoms with Gasteiger partial charge < -0.3 is 4.74 Å². The van der Waals surface area contributed by atoms with Crippen LogP contribution in [0.4, 0.5) is 0 Å². The van der Waals surface area contributed by atoms with Crippen molar-refractivity contribution in [1.29, 1.82) is 0 Å². The Morgan fingerprint density at radius 3 is 2.71 bits per heavy atom. The Hall–Kier alpha value is -0.760. The van der Waals surface area contributed by atoms with Gasteiger partial charge in [0.1, 0.15) is 11.4 Å². The Balaban J connectivity index is 2.28. The molecule has 1 saturated carbocycles. The smallest absolute Gasteiger partial charge is 0.128 e. The van der Waals surface area contributed by atoms with Gasteiger partial charge in [0.05, 0.1) is 0 Å². The summed E-state index contributed by atoms with van der Waals surface area (Å²) >= 11 is 3.62. The molecular weight excluding hydrogens is 276 g/mol.